The Balaban J connectivity index is 2.84. The van der Waals surface area contributed by atoms with Gasteiger partial charge in [0, 0.05) is 0 Å². The first-order valence-corrected chi connectivity index (χ1v) is 7.99. The molecule has 2 rings (SSSR count). The lowest BCUT2D eigenvalue weighted by Gasteiger charge is -2.14. The van der Waals surface area contributed by atoms with E-state index < -0.39 is 9.84 Å². The van der Waals surface area contributed by atoms with Crippen molar-refractivity contribution < 1.29 is 18.6 Å². The number of phenolic OH excluding ortho intramolecular Hbond substituents is 2. The number of hydrogen-bond acceptors (Lipinski definition) is 4. The molecule has 0 fully saturated rings. The summed E-state index contributed by atoms with van der Waals surface area (Å²) in [5.74, 6) is -0.586. The molecule has 5 heteroatoms. The highest BCUT2D eigenvalue weighted by molar-refractivity contribution is 7.91. The van der Waals surface area contributed by atoms with Crippen LogP contribution in [0.4, 0.5) is 0 Å². The summed E-state index contributed by atoms with van der Waals surface area (Å²) in [7, 11) is -4.00. The Morgan fingerprint density at radius 1 is 0.905 bits per heavy atom. The van der Waals surface area contributed by atoms with Gasteiger partial charge in [0.25, 0.3) is 0 Å². The zero-order valence-corrected chi connectivity index (χ0v) is 13.2. The molecule has 0 saturated heterocycles. The molecule has 0 aliphatic heterocycles. The van der Waals surface area contributed by atoms with Gasteiger partial charge in [0.1, 0.15) is 21.3 Å². The third kappa shape index (κ3) is 2.49. The minimum atomic E-state index is -4.00. The van der Waals surface area contributed by atoms with E-state index in [9.17, 15) is 18.6 Å². The van der Waals surface area contributed by atoms with Crippen LogP contribution in [0, 0.1) is 27.7 Å². The third-order valence-electron chi connectivity index (χ3n) is 3.62. The lowest BCUT2D eigenvalue weighted by atomic mass is 10.1. The molecule has 0 atom stereocenters. The fourth-order valence-corrected chi connectivity index (χ4v) is 4.23. The van der Waals surface area contributed by atoms with Crippen LogP contribution in [0.1, 0.15) is 22.3 Å². The molecule has 21 heavy (non-hydrogen) atoms. The van der Waals surface area contributed by atoms with Crippen molar-refractivity contribution in [2.75, 3.05) is 0 Å². The van der Waals surface area contributed by atoms with Gasteiger partial charge in [0.05, 0.1) is 0 Å². The van der Waals surface area contributed by atoms with Crippen LogP contribution in [0.5, 0.6) is 11.5 Å². The normalized spacial score (nSPS) is 11.6. The summed E-state index contributed by atoms with van der Waals surface area (Å²) < 4.78 is 25.7. The van der Waals surface area contributed by atoms with Crippen molar-refractivity contribution in [1.82, 2.24) is 0 Å². The minimum absolute atomic E-state index is 0.150. The molecule has 0 spiro atoms. The summed E-state index contributed by atoms with van der Waals surface area (Å²) in [6.07, 6.45) is 0. The molecule has 0 aliphatic rings. The zero-order chi connectivity index (χ0) is 15.9. The number of rotatable bonds is 2. The minimum Gasteiger partial charge on any atom is -0.507 e. The van der Waals surface area contributed by atoms with E-state index in [0.717, 1.165) is 11.1 Å². The van der Waals surface area contributed by atoms with E-state index in [1.165, 1.54) is 12.1 Å². The van der Waals surface area contributed by atoms with Crippen molar-refractivity contribution >= 4 is 9.84 Å². The summed E-state index contributed by atoms with van der Waals surface area (Å²) >= 11 is 0. The summed E-state index contributed by atoms with van der Waals surface area (Å²) in [5, 5.41) is 20.1. The van der Waals surface area contributed by atoms with E-state index in [0.29, 0.717) is 11.1 Å². The fraction of sp³-hybridized carbons (Fsp3) is 0.250. The molecule has 2 aromatic carbocycles. The average Bonchev–Trinajstić information content (AvgIpc) is 2.38. The van der Waals surface area contributed by atoms with Crippen LogP contribution < -0.4 is 0 Å². The van der Waals surface area contributed by atoms with Gasteiger partial charge in [-0.15, -0.1) is 0 Å². The second-order valence-electron chi connectivity index (χ2n) is 5.29. The summed E-state index contributed by atoms with van der Waals surface area (Å²) in [6.45, 7) is 6.81. The first kappa shape index (κ1) is 15.4. The van der Waals surface area contributed by atoms with Crippen LogP contribution in [-0.4, -0.2) is 18.6 Å². The number of sulfone groups is 1. The van der Waals surface area contributed by atoms with Gasteiger partial charge in [0.2, 0.25) is 9.84 Å². The second-order valence-corrected chi connectivity index (χ2v) is 7.14. The number of benzene rings is 2. The monoisotopic (exact) mass is 306 g/mol. The lowest BCUT2D eigenvalue weighted by Crippen LogP contribution is -2.07. The Labute approximate surface area is 124 Å². The maximum atomic E-state index is 12.8. The molecule has 0 radical (unpaired) electrons. The largest absolute Gasteiger partial charge is 0.507 e. The van der Waals surface area contributed by atoms with E-state index in [-0.39, 0.29) is 21.3 Å². The summed E-state index contributed by atoms with van der Waals surface area (Å²) in [4.78, 5) is -0.327. The number of phenols is 2. The Hall–Kier alpha value is -2.01. The van der Waals surface area contributed by atoms with E-state index in [1.54, 1.807) is 39.8 Å². The SMILES string of the molecule is Cc1cc(C)c(O)c(S(=O)(=O)c2c(O)ccc(C)c2C)c1. The highest BCUT2D eigenvalue weighted by atomic mass is 32.2. The Morgan fingerprint density at radius 3 is 2.14 bits per heavy atom. The van der Waals surface area contributed by atoms with Crippen LogP contribution in [0.15, 0.2) is 34.1 Å². The van der Waals surface area contributed by atoms with E-state index >= 15 is 0 Å². The zero-order valence-electron chi connectivity index (χ0n) is 12.4. The molecule has 4 nitrogen and oxygen atoms in total. The highest BCUT2D eigenvalue weighted by Gasteiger charge is 2.28. The van der Waals surface area contributed by atoms with Gasteiger partial charge in [-0.1, -0.05) is 12.1 Å². The van der Waals surface area contributed by atoms with Crippen molar-refractivity contribution in [3.8, 4) is 11.5 Å². The molecular weight excluding hydrogens is 288 g/mol. The van der Waals surface area contributed by atoms with Crippen LogP contribution >= 0.6 is 0 Å². The number of aryl methyl sites for hydroxylation is 3. The average molecular weight is 306 g/mol. The molecule has 0 saturated carbocycles. The Bertz CT molecular complexity index is 821. The lowest BCUT2D eigenvalue weighted by molar-refractivity contribution is 0.449. The fourth-order valence-electron chi connectivity index (χ4n) is 2.35. The van der Waals surface area contributed by atoms with Gasteiger partial charge in [-0.3, -0.25) is 0 Å². The Kier molecular flexibility index (Phi) is 3.72. The van der Waals surface area contributed by atoms with Gasteiger partial charge in [0.15, 0.2) is 0 Å². The summed E-state index contributed by atoms with van der Waals surface area (Å²) in [5.41, 5.74) is 2.45. The van der Waals surface area contributed by atoms with Crippen LogP contribution in [0.25, 0.3) is 0 Å². The maximum absolute atomic E-state index is 12.8. The molecule has 0 amide bonds. The summed E-state index contributed by atoms with van der Waals surface area (Å²) in [6, 6.07) is 6.14. The van der Waals surface area contributed by atoms with Crippen molar-refractivity contribution in [2.24, 2.45) is 0 Å². The van der Waals surface area contributed by atoms with Gasteiger partial charge < -0.3 is 10.2 Å². The molecule has 0 unspecified atom stereocenters. The predicted molar refractivity (Wildman–Crippen MR) is 80.6 cm³/mol. The quantitative estimate of drug-likeness (QED) is 0.893. The Morgan fingerprint density at radius 2 is 1.52 bits per heavy atom. The molecule has 0 aromatic heterocycles. The molecular formula is C16H18O4S. The van der Waals surface area contributed by atoms with Crippen LogP contribution in [-0.2, 0) is 9.84 Å². The molecule has 112 valence electrons. The van der Waals surface area contributed by atoms with E-state index in [2.05, 4.69) is 0 Å². The van der Waals surface area contributed by atoms with E-state index in [1.807, 2.05) is 0 Å². The van der Waals surface area contributed by atoms with Crippen molar-refractivity contribution in [2.45, 2.75) is 37.5 Å². The van der Waals surface area contributed by atoms with Crippen LogP contribution in [0.3, 0.4) is 0 Å². The van der Waals surface area contributed by atoms with Crippen molar-refractivity contribution in [3.63, 3.8) is 0 Å². The maximum Gasteiger partial charge on any atom is 0.214 e. The topological polar surface area (TPSA) is 74.6 Å². The standard InChI is InChI=1S/C16H18O4S/c1-9-7-11(3)15(18)14(8-9)21(19,20)16-12(4)10(2)5-6-13(16)17/h5-8,17-18H,1-4H3. The highest BCUT2D eigenvalue weighted by Crippen LogP contribution is 2.38. The molecule has 2 N–H and O–H groups in total. The van der Waals surface area contributed by atoms with Gasteiger partial charge in [-0.05, 0) is 62.1 Å². The smallest absolute Gasteiger partial charge is 0.214 e. The molecule has 0 bridgehead atoms. The van der Waals surface area contributed by atoms with Gasteiger partial charge >= 0.3 is 0 Å². The second kappa shape index (κ2) is 5.07. The molecule has 0 heterocycles. The predicted octanol–water partition coefficient (Wildman–Crippen LogP) is 3.16. The first-order valence-electron chi connectivity index (χ1n) is 6.50. The molecule has 0 aliphatic carbocycles. The van der Waals surface area contributed by atoms with Crippen molar-refractivity contribution in [1.29, 1.82) is 0 Å². The van der Waals surface area contributed by atoms with Gasteiger partial charge in [-0.25, -0.2) is 8.42 Å². The third-order valence-corrected chi connectivity index (χ3v) is 5.57. The number of aromatic hydroxyl groups is 2. The number of hydrogen-bond donors (Lipinski definition) is 2. The molecule has 2 aromatic rings. The van der Waals surface area contributed by atoms with Crippen molar-refractivity contribution in [3.05, 3.63) is 46.5 Å². The van der Waals surface area contributed by atoms with Gasteiger partial charge in [-0.2, -0.15) is 0 Å². The van der Waals surface area contributed by atoms with E-state index in [4.69, 9.17) is 0 Å². The van der Waals surface area contributed by atoms with Crippen LogP contribution in [0.2, 0.25) is 0 Å². The first-order chi connectivity index (χ1) is 9.66.